The van der Waals surface area contributed by atoms with E-state index in [9.17, 15) is 44.0 Å². The number of nitrogens with zero attached hydrogens (tertiary/aromatic N) is 4. The van der Waals surface area contributed by atoms with E-state index in [1.54, 1.807) is 54.6 Å². The fourth-order valence-electron chi connectivity index (χ4n) is 5.29. The number of nitrogens with one attached hydrogen (secondary N) is 2. The topological polar surface area (TPSA) is 292 Å². The van der Waals surface area contributed by atoms with Gasteiger partial charge in [-0.15, -0.1) is 10.2 Å². The maximum absolute atomic E-state index is 12.3. The molecule has 0 unspecified atom stereocenters. The Kier molecular flexibility index (Phi) is 9.94. The highest BCUT2D eigenvalue weighted by Gasteiger charge is 2.25. The van der Waals surface area contributed by atoms with Crippen molar-refractivity contribution in [1.29, 1.82) is 0 Å². The SMILES string of the molecule is COc1cc(N=Nc2cccc(S(=O)(=O)O)c2)ccc1NNc1ccc(N=Nc2c(S(=O)(=O)O)cc3cc(S(=O)(=O)O)c(N)cc3c2O)c2ccccc12. The van der Waals surface area contributed by atoms with Crippen LogP contribution in [0.5, 0.6) is 11.5 Å². The number of nitrogen functional groups attached to an aromatic ring is 1. The van der Waals surface area contributed by atoms with E-state index in [1.165, 1.54) is 31.4 Å². The number of rotatable bonds is 11. The summed E-state index contributed by atoms with van der Waals surface area (Å²) in [6.45, 7) is 0. The minimum atomic E-state index is -5.05. The van der Waals surface area contributed by atoms with Gasteiger partial charge in [0.1, 0.15) is 21.2 Å². The normalized spacial score (nSPS) is 12.5. The molecule has 0 amide bonds. The van der Waals surface area contributed by atoms with E-state index >= 15 is 0 Å². The van der Waals surface area contributed by atoms with E-state index in [-0.39, 0.29) is 27.0 Å². The molecule has 278 valence electrons. The quantitative estimate of drug-likeness (QED) is 0.0293. The molecule has 0 atom stereocenters. The molecular formula is C33H27N7O11S3. The Morgan fingerprint density at radius 3 is 1.91 bits per heavy atom. The monoisotopic (exact) mass is 793 g/mol. The zero-order valence-corrected chi connectivity index (χ0v) is 29.9. The first-order chi connectivity index (χ1) is 25.4. The third-order valence-corrected chi connectivity index (χ3v) is 10.4. The summed E-state index contributed by atoms with van der Waals surface area (Å²) in [7, 11) is -12.8. The molecule has 6 rings (SSSR count). The molecule has 0 bridgehead atoms. The summed E-state index contributed by atoms with van der Waals surface area (Å²) in [5, 5.41) is 28.2. The summed E-state index contributed by atoms with van der Waals surface area (Å²) < 4.78 is 105. The second-order valence-electron chi connectivity index (χ2n) is 11.3. The molecule has 6 aromatic rings. The van der Waals surface area contributed by atoms with Gasteiger partial charge in [-0.1, -0.05) is 30.3 Å². The molecule has 6 aromatic carbocycles. The minimum absolute atomic E-state index is 0.131. The van der Waals surface area contributed by atoms with Crippen LogP contribution in [0.4, 0.5) is 39.8 Å². The van der Waals surface area contributed by atoms with Crippen LogP contribution < -0.4 is 21.3 Å². The molecule has 0 spiro atoms. The molecule has 0 aliphatic heterocycles. The third-order valence-electron chi connectivity index (χ3n) is 7.81. The second-order valence-corrected chi connectivity index (χ2v) is 15.5. The van der Waals surface area contributed by atoms with Crippen LogP contribution in [0.2, 0.25) is 0 Å². The summed E-state index contributed by atoms with van der Waals surface area (Å²) in [5.41, 5.74) is 12.7. The lowest BCUT2D eigenvalue weighted by molar-refractivity contribution is 0.417. The van der Waals surface area contributed by atoms with Crippen molar-refractivity contribution in [3.8, 4) is 11.5 Å². The van der Waals surface area contributed by atoms with E-state index in [0.717, 1.165) is 18.2 Å². The summed E-state index contributed by atoms with van der Waals surface area (Å²) in [6.07, 6.45) is 0. The number of phenols is 1. The van der Waals surface area contributed by atoms with Gasteiger partial charge in [0.05, 0.1) is 46.1 Å². The van der Waals surface area contributed by atoms with E-state index in [4.69, 9.17) is 10.5 Å². The van der Waals surface area contributed by atoms with Gasteiger partial charge in [-0.3, -0.25) is 19.1 Å². The molecule has 0 fully saturated rings. The van der Waals surface area contributed by atoms with Gasteiger partial charge in [0.2, 0.25) is 0 Å². The Labute approximate surface area is 306 Å². The van der Waals surface area contributed by atoms with Crippen LogP contribution in [-0.4, -0.2) is 51.1 Å². The fraction of sp³-hybridized carbons (Fsp3) is 0.0303. The molecule has 21 heteroatoms. The standard InChI is InChI=1S/C33H27N7O11S3/c1-51-29-16-20(36-35-19-5-4-6-21(15-19)52(42,43)44)9-10-28(29)39-37-26-11-12-27(23-8-3-2-7-22(23)26)38-40-32-31(54(48,49)50)14-18-13-30(53(45,46)47)25(34)17-24(18)33(32)41/h2-17,37,39,41H,34H2,1H3,(H,42,43,44)(H,45,46,47)(H,48,49,50). The number of fused-ring (bicyclic) bond motifs is 2. The summed E-state index contributed by atoms with van der Waals surface area (Å²) >= 11 is 0. The lowest BCUT2D eigenvalue weighted by atomic mass is 10.1. The second kappa shape index (κ2) is 14.3. The molecule has 0 saturated heterocycles. The first kappa shape index (κ1) is 37.5. The molecule has 0 heterocycles. The lowest BCUT2D eigenvalue weighted by Gasteiger charge is -2.15. The third kappa shape index (κ3) is 7.90. The molecule has 0 aliphatic rings. The van der Waals surface area contributed by atoms with Gasteiger partial charge in [-0.2, -0.15) is 35.5 Å². The van der Waals surface area contributed by atoms with Crippen molar-refractivity contribution in [1.82, 2.24) is 0 Å². The number of aromatic hydroxyl groups is 1. The summed E-state index contributed by atoms with van der Waals surface area (Å²) in [5.74, 6) is -0.418. The Morgan fingerprint density at radius 2 is 1.24 bits per heavy atom. The Balaban J connectivity index is 1.29. The van der Waals surface area contributed by atoms with Gasteiger partial charge in [-0.05, 0) is 66.0 Å². The van der Waals surface area contributed by atoms with Crippen molar-refractivity contribution in [3.05, 3.63) is 97.1 Å². The number of hydrazine groups is 1. The first-order valence-electron chi connectivity index (χ1n) is 15.1. The number of hydrogen-bond acceptors (Lipinski definition) is 15. The van der Waals surface area contributed by atoms with Crippen LogP contribution >= 0.6 is 0 Å². The van der Waals surface area contributed by atoms with E-state index in [0.29, 0.717) is 33.6 Å². The van der Waals surface area contributed by atoms with Crippen LogP contribution in [-0.2, 0) is 30.4 Å². The molecule has 18 nitrogen and oxygen atoms in total. The Bertz CT molecular complexity index is 2890. The van der Waals surface area contributed by atoms with Crippen LogP contribution in [0.3, 0.4) is 0 Å². The zero-order valence-electron chi connectivity index (χ0n) is 27.5. The summed E-state index contributed by atoms with van der Waals surface area (Å²) in [4.78, 5) is -1.95. The van der Waals surface area contributed by atoms with Crippen molar-refractivity contribution in [2.45, 2.75) is 14.7 Å². The number of azo groups is 2. The molecular weight excluding hydrogens is 767 g/mol. The molecule has 54 heavy (non-hydrogen) atoms. The van der Waals surface area contributed by atoms with Crippen LogP contribution in [0, 0.1) is 0 Å². The number of nitrogens with two attached hydrogens (primary N) is 1. The van der Waals surface area contributed by atoms with Gasteiger partial charge in [0, 0.05) is 22.2 Å². The van der Waals surface area contributed by atoms with E-state index in [2.05, 4.69) is 31.3 Å². The van der Waals surface area contributed by atoms with Crippen LogP contribution in [0.25, 0.3) is 21.5 Å². The van der Waals surface area contributed by atoms with Crippen molar-refractivity contribution in [2.24, 2.45) is 20.5 Å². The smallest absolute Gasteiger partial charge is 0.296 e. The number of anilines is 3. The van der Waals surface area contributed by atoms with Gasteiger partial charge in [0.25, 0.3) is 30.4 Å². The van der Waals surface area contributed by atoms with Gasteiger partial charge < -0.3 is 21.0 Å². The van der Waals surface area contributed by atoms with Gasteiger partial charge >= 0.3 is 0 Å². The lowest BCUT2D eigenvalue weighted by Crippen LogP contribution is -2.09. The Hall–Kier alpha value is -6.23. The predicted octanol–water partition coefficient (Wildman–Crippen LogP) is 7.30. The average molecular weight is 794 g/mol. The van der Waals surface area contributed by atoms with E-state index < -0.39 is 57.3 Å². The fourth-order valence-corrected chi connectivity index (χ4v) is 7.10. The number of benzene rings is 6. The van der Waals surface area contributed by atoms with Gasteiger partial charge in [-0.25, -0.2) is 0 Å². The number of methoxy groups -OCH3 is 1. The van der Waals surface area contributed by atoms with Crippen molar-refractivity contribution in [3.63, 3.8) is 0 Å². The molecule has 8 N–H and O–H groups in total. The molecule has 0 aromatic heterocycles. The minimum Gasteiger partial charge on any atom is -0.505 e. The van der Waals surface area contributed by atoms with E-state index in [1.807, 2.05) is 0 Å². The van der Waals surface area contributed by atoms with Gasteiger partial charge in [0.15, 0.2) is 5.75 Å². The predicted molar refractivity (Wildman–Crippen MR) is 198 cm³/mol. The maximum Gasteiger partial charge on any atom is 0.296 e. The van der Waals surface area contributed by atoms with Crippen molar-refractivity contribution >= 4 is 91.7 Å². The van der Waals surface area contributed by atoms with Crippen molar-refractivity contribution in [2.75, 3.05) is 23.7 Å². The summed E-state index contributed by atoms with van der Waals surface area (Å²) in [6, 6.07) is 23.0. The first-order valence-corrected chi connectivity index (χ1v) is 19.4. The average Bonchev–Trinajstić information content (AvgIpc) is 3.12. The highest BCUT2D eigenvalue weighted by atomic mass is 32.2. The molecule has 0 saturated carbocycles. The van der Waals surface area contributed by atoms with Crippen LogP contribution in [0.15, 0.2) is 132 Å². The molecule has 0 aliphatic carbocycles. The molecule has 0 radical (unpaired) electrons. The zero-order chi connectivity index (χ0) is 39.0. The highest BCUT2D eigenvalue weighted by Crippen LogP contribution is 2.44. The number of ether oxygens (including phenoxy) is 1. The number of hydrogen-bond donors (Lipinski definition) is 7. The number of phenolic OH excluding ortho intramolecular Hbond substituents is 1. The van der Waals surface area contributed by atoms with Crippen molar-refractivity contribution < 1.29 is 48.8 Å². The highest BCUT2D eigenvalue weighted by molar-refractivity contribution is 7.86. The van der Waals surface area contributed by atoms with Crippen LogP contribution in [0.1, 0.15) is 0 Å². The Morgan fingerprint density at radius 1 is 0.611 bits per heavy atom. The largest absolute Gasteiger partial charge is 0.505 e. The maximum atomic E-state index is 12.3.